The quantitative estimate of drug-likeness (QED) is 0.302. The Balaban J connectivity index is 1.49. The van der Waals surface area contributed by atoms with E-state index >= 15 is 0 Å². The standard InChI is InChI=1S/C23H24N4O5S2/c1-31-20(28)8-10-33-17-11-19(32-16-5-3-2-4-6-16)21(24-12-17)26-22-25-18(14-34-22)15-7-9-27(13-15)23(29)30/h2-6,11-12,14-15H,7-10,13H2,1H3,(H,29,30)(H,24,25,26). The monoisotopic (exact) mass is 500 g/mol. The molecule has 1 unspecified atom stereocenters. The number of anilines is 2. The number of carbonyl (C=O) groups is 2. The Hall–Kier alpha value is -3.31. The van der Waals surface area contributed by atoms with Gasteiger partial charge >= 0.3 is 12.1 Å². The van der Waals surface area contributed by atoms with Crippen molar-refractivity contribution < 1.29 is 24.2 Å². The number of rotatable bonds is 9. The summed E-state index contributed by atoms with van der Waals surface area (Å²) >= 11 is 2.93. The molecule has 4 rings (SSSR count). The first-order chi connectivity index (χ1) is 16.5. The summed E-state index contributed by atoms with van der Waals surface area (Å²) < 4.78 is 10.8. The molecule has 2 aromatic heterocycles. The zero-order valence-electron chi connectivity index (χ0n) is 18.5. The summed E-state index contributed by atoms with van der Waals surface area (Å²) in [6, 6.07) is 11.3. The van der Waals surface area contributed by atoms with Gasteiger partial charge in [-0.25, -0.2) is 14.8 Å². The molecule has 0 spiro atoms. The van der Waals surface area contributed by atoms with Crippen LogP contribution in [0.1, 0.15) is 24.5 Å². The first-order valence-corrected chi connectivity index (χ1v) is 12.5. The number of amides is 1. The second-order valence-electron chi connectivity index (χ2n) is 7.52. The number of nitrogens with one attached hydrogen (secondary N) is 1. The molecule has 1 atom stereocenters. The Morgan fingerprint density at radius 3 is 2.88 bits per heavy atom. The molecule has 3 heterocycles. The third kappa shape index (κ3) is 6.17. The van der Waals surface area contributed by atoms with Gasteiger partial charge in [0.25, 0.3) is 0 Å². The zero-order valence-corrected chi connectivity index (χ0v) is 20.1. The summed E-state index contributed by atoms with van der Waals surface area (Å²) in [7, 11) is 1.37. The third-order valence-corrected chi connectivity index (χ3v) is 6.97. The van der Waals surface area contributed by atoms with Crippen LogP contribution in [0.15, 0.2) is 52.9 Å². The molecule has 1 aromatic carbocycles. The van der Waals surface area contributed by atoms with Crippen LogP contribution in [0.3, 0.4) is 0 Å². The highest BCUT2D eigenvalue weighted by atomic mass is 32.2. The van der Waals surface area contributed by atoms with Gasteiger partial charge in [-0.1, -0.05) is 18.2 Å². The van der Waals surface area contributed by atoms with E-state index in [0.29, 0.717) is 47.7 Å². The lowest BCUT2D eigenvalue weighted by Gasteiger charge is -2.13. The van der Waals surface area contributed by atoms with Gasteiger partial charge in [0.2, 0.25) is 0 Å². The lowest BCUT2D eigenvalue weighted by molar-refractivity contribution is -0.140. The summed E-state index contributed by atoms with van der Waals surface area (Å²) in [6.45, 7) is 0.975. The molecule has 9 nitrogen and oxygen atoms in total. The van der Waals surface area contributed by atoms with Crippen molar-refractivity contribution in [3.8, 4) is 11.5 Å². The first-order valence-electron chi connectivity index (χ1n) is 10.6. The van der Waals surface area contributed by atoms with Crippen LogP contribution in [0.2, 0.25) is 0 Å². The van der Waals surface area contributed by atoms with Crippen molar-refractivity contribution in [3.05, 3.63) is 53.7 Å². The Morgan fingerprint density at radius 2 is 2.15 bits per heavy atom. The van der Waals surface area contributed by atoms with Crippen molar-refractivity contribution in [1.29, 1.82) is 0 Å². The molecule has 0 radical (unpaired) electrons. The number of hydrogen-bond acceptors (Lipinski definition) is 9. The van der Waals surface area contributed by atoms with E-state index in [9.17, 15) is 14.7 Å². The molecule has 1 amide bonds. The number of benzene rings is 1. The summed E-state index contributed by atoms with van der Waals surface area (Å²) in [4.78, 5) is 34.1. The number of pyridine rings is 1. The number of esters is 1. The first kappa shape index (κ1) is 23.8. The Kier molecular flexibility index (Phi) is 7.86. The topological polar surface area (TPSA) is 114 Å². The highest BCUT2D eigenvalue weighted by Crippen LogP contribution is 2.36. The van der Waals surface area contributed by atoms with Crippen molar-refractivity contribution in [1.82, 2.24) is 14.9 Å². The average Bonchev–Trinajstić information content (AvgIpc) is 3.51. The van der Waals surface area contributed by atoms with Crippen LogP contribution in [0, 0.1) is 0 Å². The number of likely N-dealkylation sites (tertiary alicyclic amines) is 1. The molecular weight excluding hydrogens is 476 g/mol. The van der Waals surface area contributed by atoms with Crippen LogP contribution in [0.4, 0.5) is 15.7 Å². The summed E-state index contributed by atoms with van der Waals surface area (Å²) in [5.74, 6) is 2.11. The van der Waals surface area contributed by atoms with Gasteiger partial charge in [-0.2, -0.15) is 0 Å². The summed E-state index contributed by atoms with van der Waals surface area (Å²) in [5.41, 5.74) is 0.872. The van der Waals surface area contributed by atoms with E-state index in [1.165, 1.54) is 35.1 Å². The Bertz CT molecular complexity index is 1140. The molecule has 34 heavy (non-hydrogen) atoms. The van der Waals surface area contributed by atoms with Crippen LogP contribution in [-0.4, -0.2) is 58.0 Å². The number of carbonyl (C=O) groups excluding carboxylic acids is 1. The SMILES string of the molecule is COC(=O)CCSc1cnc(Nc2nc(C3CCN(C(=O)O)C3)cs2)c(Oc2ccccc2)c1. The largest absolute Gasteiger partial charge is 0.469 e. The van der Waals surface area contributed by atoms with Gasteiger partial charge in [-0.15, -0.1) is 23.1 Å². The van der Waals surface area contributed by atoms with Crippen LogP contribution in [0.25, 0.3) is 0 Å². The molecule has 0 saturated carbocycles. The van der Waals surface area contributed by atoms with Crippen molar-refractivity contribution in [2.24, 2.45) is 0 Å². The minimum Gasteiger partial charge on any atom is -0.469 e. The van der Waals surface area contributed by atoms with Crippen molar-refractivity contribution in [2.45, 2.75) is 23.7 Å². The summed E-state index contributed by atoms with van der Waals surface area (Å²) in [5, 5.41) is 15.0. The van der Waals surface area contributed by atoms with E-state index in [-0.39, 0.29) is 11.9 Å². The van der Waals surface area contributed by atoms with Gasteiger partial charge in [-0.05, 0) is 24.6 Å². The minimum atomic E-state index is -0.896. The van der Waals surface area contributed by atoms with Gasteiger partial charge < -0.3 is 24.8 Å². The normalized spacial score (nSPS) is 15.2. The molecule has 1 saturated heterocycles. The molecule has 1 aliphatic rings. The fourth-order valence-corrected chi connectivity index (χ4v) is 5.07. The number of thioether (sulfide) groups is 1. The van der Waals surface area contributed by atoms with E-state index in [0.717, 1.165) is 17.0 Å². The molecule has 11 heteroatoms. The highest BCUT2D eigenvalue weighted by molar-refractivity contribution is 7.99. The maximum Gasteiger partial charge on any atom is 0.407 e. The van der Waals surface area contributed by atoms with Gasteiger partial charge in [0, 0.05) is 41.2 Å². The van der Waals surface area contributed by atoms with Gasteiger partial charge in [0.15, 0.2) is 16.7 Å². The van der Waals surface area contributed by atoms with E-state index in [1.54, 1.807) is 6.20 Å². The van der Waals surface area contributed by atoms with Gasteiger partial charge in [0.1, 0.15) is 5.75 Å². The van der Waals surface area contributed by atoms with E-state index in [4.69, 9.17) is 9.47 Å². The maximum atomic E-state index is 11.4. The van der Waals surface area contributed by atoms with Crippen molar-refractivity contribution in [2.75, 3.05) is 31.3 Å². The van der Waals surface area contributed by atoms with Crippen LogP contribution in [-0.2, 0) is 9.53 Å². The number of ether oxygens (including phenoxy) is 2. The number of para-hydroxylation sites is 1. The van der Waals surface area contributed by atoms with Crippen molar-refractivity contribution in [3.63, 3.8) is 0 Å². The predicted octanol–water partition coefficient (Wildman–Crippen LogP) is 5.20. The number of hydrogen-bond donors (Lipinski definition) is 2. The van der Waals surface area contributed by atoms with Gasteiger partial charge in [-0.3, -0.25) is 4.79 Å². The van der Waals surface area contributed by atoms with E-state index in [2.05, 4.69) is 15.3 Å². The number of nitrogens with zero attached hydrogens (tertiary/aromatic N) is 3. The molecule has 178 valence electrons. The molecule has 0 bridgehead atoms. The minimum absolute atomic E-state index is 0.0875. The molecule has 0 aliphatic carbocycles. The molecular formula is C23H24N4O5S2. The lowest BCUT2D eigenvalue weighted by atomic mass is 10.1. The zero-order chi connectivity index (χ0) is 23.9. The number of thiazole rings is 1. The highest BCUT2D eigenvalue weighted by Gasteiger charge is 2.28. The Labute approximate surface area is 205 Å². The van der Waals surface area contributed by atoms with E-state index < -0.39 is 6.09 Å². The number of methoxy groups -OCH3 is 1. The molecule has 3 aromatic rings. The number of carboxylic acid groups (broad SMARTS) is 1. The molecule has 1 fully saturated rings. The predicted molar refractivity (Wildman–Crippen MR) is 130 cm³/mol. The van der Waals surface area contributed by atoms with Gasteiger partial charge in [0.05, 0.1) is 19.2 Å². The fourth-order valence-electron chi connectivity index (χ4n) is 3.45. The number of aromatic nitrogens is 2. The van der Waals surface area contributed by atoms with Crippen molar-refractivity contribution >= 4 is 46.1 Å². The van der Waals surface area contributed by atoms with Crippen LogP contribution >= 0.6 is 23.1 Å². The van der Waals surface area contributed by atoms with Crippen LogP contribution < -0.4 is 10.1 Å². The Morgan fingerprint density at radius 1 is 1.32 bits per heavy atom. The van der Waals surface area contributed by atoms with Crippen LogP contribution in [0.5, 0.6) is 11.5 Å². The smallest absolute Gasteiger partial charge is 0.407 e. The molecule has 2 N–H and O–H groups in total. The third-order valence-electron chi connectivity index (χ3n) is 5.23. The molecule has 1 aliphatic heterocycles. The van der Waals surface area contributed by atoms with E-state index in [1.807, 2.05) is 41.8 Å². The second-order valence-corrected chi connectivity index (χ2v) is 9.55. The average molecular weight is 501 g/mol. The summed E-state index contributed by atoms with van der Waals surface area (Å²) in [6.07, 6.45) is 1.89. The second kappa shape index (κ2) is 11.2. The maximum absolute atomic E-state index is 11.4. The lowest BCUT2D eigenvalue weighted by Crippen LogP contribution is -2.26. The fraction of sp³-hybridized carbons (Fsp3) is 0.304.